The Kier molecular flexibility index (Phi) is 3.14. The van der Waals surface area contributed by atoms with Crippen molar-refractivity contribution in [3.8, 4) is 0 Å². The average Bonchev–Trinajstić information content (AvgIpc) is 1.95. The summed E-state index contributed by atoms with van der Waals surface area (Å²) >= 11 is 0. The van der Waals surface area contributed by atoms with E-state index in [2.05, 4.69) is 13.8 Å². The fourth-order valence-corrected chi connectivity index (χ4v) is 2.52. The Hall–Kier alpha value is -0.340. The van der Waals surface area contributed by atoms with Crippen molar-refractivity contribution in [2.45, 2.75) is 39.7 Å². The summed E-state index contributed by atoms with van der Waals surface area (Å²) in [6.45, 7) is 6.60. The van der Waals surface area contributed by atoms with E-state index in [0.717, 1.165) is 12.8 Å². The Morgan fingerprint density at radius 3 is 2.62 bits per heavy atom. The molecule has 2 heteroatoms. The highest BCUT2D eigenvalue weighted by Crippen LogP contribution is 2.42. The molecule has 0 saturated heterocycles. The molecule has 0 saturated carbocycles. The third-order valence-electron chi connectivity index (χ3n) is 3.10. The predicted molar refractivity (Wildman–Crippen MR) is 53.4 cm³/mol. The largest absolute Gasteiger partial charge is 0.396 e. The molecule has 0 radical (unpaired) electrons. The second-order valence-electron chi connectivity index (χ2n) is 4.74. The van der Waals surface area contributed by atoms with Crippen LogP contribution in [-0.4, -0.2) is 22.9 Å². The van der Waals surface area contributed by atoms with Crippen LogP contribution in [0.1, 0.15) is 33.6 Å². The topological polar surface area (TPSA) is 40.5 Å². The lowest BCUT2D eigenvalue weighted by Crippen LogP contribution is -2.34. The molecule has 0 spiro atoms. The summed E-state index contributed by atoms with van der Waals surface area (Å²) < 4.78 is 0. The molecule has 1 aliphatic carbocycles. The van der Waals surface area contributed by atoms with E-state index in [1.807, 2.05) is 13.0 Å². The molecule has 0 fully saturated rings. The molecule has 1 aliphatic rings. The van der Waals surface area contributed by atoms with Crippen molar-refractivity contribution in [3.63, 3.8) is 0 Å². The normalized spacial score (nSPS) is 32.8. The number of hydrogen-bond donors (Lipinski definition) is 2. The van der Waals surface area contributed by atoms with Gasteiger partial charge in [-0.3, -0.25) is 0 Å². The van der Waals surface area contributed by atoms with Crippen molar-refractivity contribution >= 4 is 0 Å². The van der Waals surface area contributed by atoms with Gasteiger partial charge in [-0.25, -0.2) is 0 Å². The van der Waals surface area contributed by atoms with Gasteiger partial charge in [-0.05, 0) is 31.1 Å². The van der Waals surface area contributed by atoms with Gasteiger partial charge in [0.25, 0.3) is 0 Å². The highest BCUT2D eigenvalue weighted by atomic mass is 16.3. The molecular weight excluding hydrogens is 164 g/mol. The first-order chi connectivity index (χ1) is 5.97. The van der Waals surface area contributed by atoms with Crippen molar-refractivity contribution in [2.24, 2.45) is 11.3 Å². The molecule has 0 amide bonds. The number of allylic oxidation sites excluding steroid dienone is 1. The highest BCUT2D eigenvalue weighted by molar-refractivity contribution is 5.15. The van der Waals surface area contributed by atoms with Gasteiger partial charge in [-0.15, -0.1) is 0 Å². The molecule has 2 unspecified atom stereocenters. The fourth-order valence-electron chi connectivity index (χ4n) is 2.52. The quantitative estimate of drug-likeness (QED) is 0.641. The summed E-state index contributed by atoms with van der Waals surface area (Å²) in [6, 6.07) is 0. The Morgan fingerprint density at radius 2 is 2.15 bits per heavy atom. The molecule has 2 atom stereocenters. The van der Waals surface area contributed by atoms with E-state index < -0.39 is 0 Å². The molecule has 0 heterocycles. The summed E-state index contributed by atoms with van der Waals surface area (Å²) in [7, 11) is 0. The standard InChI is InChI=1S/C11H20O2/c1-8-6-9(13)7-11(2,3)10(8)4-5-12/h6,9-10,12-13H,4-5,7H2,1-3H3. The molecule has 0 aliphatic heterocycles. The molecule has 0 aromatic rings. The second-order valence-corrected chi connectivity index (χ2v) is 4.74. The van der Waals surface area contributed by atoms with Crippen LogP contribution in [0.4, 0.5) is 0 Å². The smallest absolute Gasteiger partial charge is 0.0728 e. The lowest BCUT2D eigenvalue weighted by Gasteiger charge is -2.40. The van der Waals surface area contributed by atoms with Crippen LogP contribution in [0.3, 0.4) is 0 Å². The van der Waals surface area contributed by atoms with Crippen molar-refractivity contribution in [1.82, 2.24) is 0 Å². The molecule has 0 bridgehead atoms. The first-order valence-corrected chi connectivity index (χ1v) is 4.94. The molecule has 13 heavy (non-hydrogen) atoms. The Balaban J connectivity index is 2.83. The van der Waals surface area contributed by atoms with Crippen LogP contribution in [0.25, 0.3) is 0 Å². The van der Waals surface area contributed by atoms with E-state index in [4.69, 9.17) is 5.11 Å². The van der Waals surface area contributed by atoms with E-state index in [0.29, 0.717) is 5.92 Å². The van der Waals surface area contributed by atoms with Gasteiger partial charge in [0.2, 0.25) is 0 Å². The van der Waals surface area contributed by atoms with Gasteiger partial charge in [0, 0.05) is 6.61 Å². The molecule has 0 aromatic carbocycles. The van der Waals surface area contributed by atoms with Crippen LogP contribution in [0.5, 0.6) is 0 Å². The van der Waals surface area contributed by atoms with Gasteiger partial charge in [0.1, 0.15) is 0 Å². The summed E-state index contributed by atoms with van der Waals surface area (Å²) in [5.41, 5.74) is 1.33. The third kappa shape index (κ3) is 2.32. The minimum Gasteiger partial charge on any atom is -0.396 e. The molecule has 2 nitrogen and oxygen atoms in total. The summed E-state index contributed by atoms with van der Waals surface area (Å²) in [5, 5.41) is 18.5. The highest BCUT2D eigenvalue weighted by Gasteiger charge is 2.35. The minimum atomic E-state index is -0.301. The molecule has 0 aromatic heterocycles. The van der Waals surface area contributed by atoms with Gasteiger partial charge >= 0.3 is 0 Å². The van der Waals surface area contributed by atoms with Crippen LogP contribution in [-0.2, 0) is 0 Å². The molecule has 76 valence electrons. The molecule has 2 N–H and O–H groups in total. The SMILES string of the molecule is CC1=CC(O)CC(C)(C)C1CCO. The van der Waals surface area contributed by atoms with Crippen LogP contribution in [0, 0.1) is 11.3 Å². The van der Waals surface area contributed by atoms with Crippen LogP contribution in [0.2, 0.25) is 0 Å². The van der Waals surface area contributed by atoms with E-state index >= 15 is 0 Å². The van der Waals surface area contributed by atoms with Gasteiger partial charge in [-0.1, -0.05) is 25.5 Å². The summed E-state index contributed by atoms with van der Waals surface area (Å²) in [4.78, 5) is 0. The summed E-state index contributed by atoms with van der Waals surface area (Å²) in [5.74, 6) is 0.418. The van der Waals surface area contributed by atoms with Crippen molar-refractivity contribution in [3.05, 3.63) is 11.6 Å². The van der Waals surface area contributed by atoms with Crippen LogP contribution >= 0.6 is 0 Å². The Morgan fingerprint density at radius 1 is 1.54 bits per heavy atom. The second kappa shape index (κ2) is 3.81. The van der Waals surface area contributed by atoms with E-state index in [9.17, 15) is 5.11 Å². The van der Waals surface area contributed by atoms with Crippen molar-refractivity contribution in [2.75, 3.05) is 6.61 Å². The lowest BCUT2D eigenvalue weighted by molar-refractivity contribution is 0.0883. The number of rotatable bonds is 2. The monoisotopic (exact) mass is 184 g/mol. The van der Waals surface area contributed by atoms with E-state index in [1.165, 1.54) is 5.57 Å². The van der Waals surface area contributed by atoms with Gasteiger partial charge in [-0.2, -0.15) is 0 Å². The van der Waals surface area contributed by atoms with Gasteiger partial charge in [0.15, 0.2) is 0 Å². The van der Waals surface area contributed by atoms with E-state index in [-0.39, 0.29) is 18.1 Å². The average molecular weight is 184 g/mol. The fraction of sp³-hybridized carbons (Fsp3) is 0.818. The van der Waals surface area contributed by atoms with Crippen molar-refractivity contribution < 1.29 is 10.2 Å². The zero-order valence-corrected chi connectivity index (χ0v) is 8.75. The maximum Gasteiger partial charge on any atom is 0.0728 e. The maximum atomic E-state index is 9.56. The first-order valence-electron chi connectivity index (χ1n) is 4.94. The number of aliphatic hydroxyl groups excluding tert-OH is 2. The minimum absolute atomic E-state index is 0.112. The van der Waals surface area contributed by atoms with Crippen LogP contribution in [0.15, 0.2) is 11.6 Å². The number of hydrogen-bond acceptors (Lipinski definition) is 2. The Bertz CT molecular complexity index is 206. The third-order valence-corrected chi connectivity index (χ3v) is 3.10. The summed E-state index contributed by atoms with van der Waals surface area (Å²) in [6.07, 6.45) is 3.23. The first kappa shape index (κ1) is 10.7. The van der Waals surface area contributed by atoms with Crippen molar-refractivity contribution in [1.29, 1.82) is 0 Å². The van der Waals surface area contributed by atoms with Crippen LogP contribution < -0.4 is 0 Å². The lowest BCUT2D eigenvalue weighted by atomic mass is 9.67. The number of aliphatic hydroxyl groups is 2. The zero-order valence-electron chi connectivity index (χ0n) is 8.75. The van der Waals surface area contributed by atoms with E-state index in [1.54, 1.807) is 0 Å². The predicted octanol–water partition coefficient (Wildman–Crippen LogP) is 1.72. The molecule has 1 rings (SSSR count). The van der Waals surface area contributed by atoms with Gasteiger partial charge in [0.05, 0.1) is 6.10 Å². The molecular formula is C11H20O2. The van der Waals surface area contributed by atoms with Gasteiger partial charge < -0.3 is 10.2 Å². The Labute approximate surface area is 80.3 Å². The zero-order chi connectivity index (χ0) is 10.1. The maximum absolute atomic E-state index is 9.56.